The third-order valence-corrected chi connectivity index (χ3v) is 4.75. The highest BCUT2D eigenvalue weighted by atomic mass is 16.2. The lowest BCUT2D eigenvalue weighted by Crippen LogP contribution is -2.32. The highest BCUT2D eigenvalue weighted by Gasteiger charge is 2.35. The fourth-order valence-corrected chi connectivity index (χ4v) is 3.33. The van der Waals surface area contributed by atoms with Crippen molar-refractivity contribution >= 4 is 23.2 Å². The molecule has 0 unspecified atom stereocenters. The molecule has 1 aliphatic heterocycles. The summed E-state index contributed by atoms with van der Waals surface area (Å²) < 4.78 is 0. The van der Waals surface area contributed by atoms with Gasteiger partial charge in [0.1, 0.15) is 0 Å². The Hall–Kier alpha value is -2.95. The van der Waals surface area contributed by atoms with Gasteiger partial charge in [-0.1, -0.05) is 62.6 Å². The van der Waals surface area contributed by atoms with Gasteiger partial charge >= 0.3 is 0 Å². The normalized spacial score (nSPS) is 14.5. The molecule has 0 spiro atoms. The van der Waals surface area contributed by atoms with Crippen molar-refractivity contribution in [3.8, 4) is 0 Å². The Morgan fingerprint density at radius 1 is 1.04 bits per heavy atom. The maximum Gasteiger partial charge on any atom is 0.279 e. The largest absolute Gasteiger partial charge is 0.306 e. The minimum atomic E-state index is -0.327. The van der Waals surface area contributed by atoms with Crippen LogP contribution in [0, 0.1) is 6.92 Å². The molecule has 2 aromatic carbocycles. The lowest BCUT2D eigenvalue weighted by Gasteiger charge is -2.18. The maximum atomic E-state index is 13.0. The molecule has 1 N–H and O–H groups in total. The lowest BCUT2D eigenvalue weighted by molar-refractivity contribution is -0.112. The molecular formula is C22H25N3O2. The molecule has 140 valence electrons. The average molecular weight is 363 g/mol. The molecule has 2 aromatic rings. The Kier molecular flexibility index (Phi) is 6.01. The van der Waals surface area contributed by atoms with Crippen LogP contribution in [0.5, 0.6) is 0 Å². The smallest absolute Gasteiger partial charge is 0.279 e. The van der Waals surface area contributed by atoms with Crippen LogP contribution in [-0.2, 0) is 4.79 Å². The van der Waals surface area contributed by atoms with Crippen molar-refractivity contribution in [1.29, 1.82) is 0 Å². The van der Waals surface area contributed by atoms with Gasteiger partial charge in [0, 0.05) is 17.7 Å². The van der Waals surface area contributed by atoms with Gasteiger partial charge in [0.15, 0.2) is 5.71 Å². The van der Waals surface area contributed by atoms with Crippen molar-refractivity contribution in [2.24, 2.45) is 5.10 Å². The van der Waals surface area contributed by atoms with Gasteiger partial charge in [-0.05, 0) is 31.0 Å². The topological polar surface area (TPSA) is 61.8 Å². The number of nitrogens with zero attached hydrogens (tertiary/aromatic N) is 2. The number of benzene rings is 2. The number of carbonyl (C=O) groups excluding carboxylic acids is 2. The molecule has 0 aliphatic carbocycles. The van der Waals surface area contributed by atoms with E-state index in [1.165, 1.54) is 0 Å². The Labute approximate surface area is 160 Å². The Balaban J connectivity index is 1.82. The van der Waals surface area contributed by atoms with Crippen LogP contribution in [0.3, 0.4) is 0 Å². The highest BCUT2D eigenvalue weighted by Crippen LogP contribution is 2.32. The third-order valence-electron chi connectivity index (χ3n) is 4.75. The average Bonchev–Trinajstić information content (AvgIpc) is 2.96. The maximum absolute atomic E-state index is 13.0. The monoisotopic (exact) mass is 363 g/mol. The van der Waals surface area contributed by atoms with Crippen molar-refractivity contribution < 1.29 is 9.59 Å². The molecule has 1 heterocycles. The first-order valence-electron chi connectivity index (χ1n) is 9.48. The second-order valence-electron chi connectivity index (χ2n) is 6.76. The quantitative estimate of drug-likeness (QED) is 0.596. The molecule has 1 aliphatic rings. The fraction of sp³-hybridized carbons (Fsp3) is 0.318. The number of hydrogen-bond donors (Lipinski definition) is 1. The lowest BCUT2D eigenvalue weighted by atomic mass is 10.1. The van der Waals surface area contributed by atoms with E-state index >= 15 is 0 Å². The predicted octanol–water partition coefficient (Wildman–Crippen LogP) is 4.06. The SMILES string of the molecule is CCCCCCN1C(=O)/C(=N\NC(=O)c2ccccc2)c2cccc(C)c21. The van der Waals surface area contributed by atoms with E-state index in [1.54, 1.807) is 29.2 Å². The number of nitrogens with one attached hydrogen (secondary N) is 1. The summed E-state index contributed by atoms with van der Waals surface area (Å²) in [5, 5.41) is 4.18. The minimum absolute atomic E-state index is 0.149. The third kappa shape index (κ3) is 4.08. The summed E-state index contributed by atoms with van der Waals surface area (Å²) in [7, 11) is 0. The standard InChI is InChI=1S/C22H25N3O2/c1-3-4-5-9-15-25-20-16(2)11-10-14-18(20)19(22(25)27)23-24-21(26)17-12-7-6-8-13-17/h6-8,10-14H,3-5,9,15H2,1-2H3,(H,24,26)/b23-19-. The highest BCUT2D eigenvalue weighted by molar-refractivity contribution is 6.54. The van der Waals surface area contributed by atoms with E-state index in [1.807, 2.05) is 31.2 Å². The molecule has 0 bridgehead atoms. The second-order valence-corrected chi connectivity index (χ2v) is 6.76. The van der Waals surface area contributed by atoms with E-state index in [0.29, 0.717) is 17.8 Å². The summed E-state index contributed by atoms with van der Waals surface area (Å²) in [6.45, 7) is 4.83. The van der Waals surface area contributed by atoms with Crippen molar-refractivity contribution in [1.82, 2.24) is 5.43 Å². The zero-order chi connectivity index (χ0) is 19.2. The Morgan fingerprint density at radius 3 is 2.56 bits per heavy atom. The molecule has 0 atom stereocenters. The number of fused-ring (bicyclic) bond motifs is 1. The summed E-state index contributed by atoms with van der Waals surface area (Å²) >= 11 is 0. The van der Waals surface area contributed by atoms with Gasteiger partial charge in [0.05, 0.1) is 5.69 Å². The molecule has 27 heavy (non-hydrogen) atoms. The number of rotatable bonds is 7. The molecule has 0 fully saturated rings. The van der Waals surface area contributed by atoms with Gasteiger partial charge in [-0.25, -0.2) is 5.43 Å². The number of unbranched alkanes of at least 4 members (excludes halogenated alkanes) is 3. The molecular weight excluding hydrogens is 338 g/mol. The van der Waals surface area contributed by atoms with E-state index in [2.05, 4.69) is 17.5 Å². The van der Waals surface area contributed by atoms with Crippen molar-refractivity contribution in [3.63, 3.8) is 0 Å². The Bertz CT molecular complexity index is 859. The van der Waals surface area contributed by atoms with Crippen LogP contribution in [-0.4, -0.2) is 24.1 Å². The summed E-state index contributed by atoms with van der Waals surface area (Å²) in [6.07, 6.45) is 4.37. The van der Waals surface area contributed by atoms with Gasteiger partial charge in [-0.2, -0.15) is 5.10 Å². The van der Waals surface area contributed by atoms with Crippen molar-refractivity contribution in [2.75, 3.05) is 11.4 Å². The van der Waals surface area contributed by atoms with Crippen LogP contribution in [0.1, 0.15) is 54.1 Å². The summed E-state index contributed by atoms with van der Waals surface area (Å²) in [4.78, 5) is 27.0. The number of anilines is 1. The van der Waals surface area contributed by atoms with E-state index < -0.39 is 0 Å². The Morgan fingerprint density at radius 2 is 1.81 bits per heavy atom. The molecule has 0 radical (unpaired) electrons. The van der Waals surface area contributed by atoms with Crippen LogP contribution in [0.25, 0.3) is 0 Å². The van der Waals surface area contributed by atoms with Crippen LogP contribution in [0.2, 0.25) is 0 Å². The number of carbonyl (C=O) groups is 2. The zero-order valence-corrected chi connectivity index (χ0v) is 15.9. The second kappa shape index (κ2) is 8.62. The first kappa shape index (κ1) is 18.8. The minimum Gasteiger partial charge on any atom is -0.306 e. The van der Waals surface area contributed by atoms with Gasteiger partial charge in [0.2, 0.25) is 0 Å². The summed E-state index contributed by atoms with van der Waals surface area (Å²) in [5.74, 6) is -0.476. The molecule has 2 amide bonds. The van der Waals surface area contributed by atoms with Crippen molar-refractivity contribution in [3.05, 3.63) is 65.2 Å². The number of hydrazone groups is 1. The number of amides is 2. The molecule has 5 nitrogen and oxygen atoms in total. The van der Waals surface area contributed by atoms with Gasteiger partial charge in [-0.15, -0.1) is 0 Å². The van der Waals surface area contributed by atoms with Gasteiger partial charge in [-0.3, -0.25) is 9.59 Å². The zero-order valence-electron chi connectivity index (χ0n) is 15.9. The fourth-order valence-electron chi connectivity index (χ4n) is 3.33. The molecule has 5 heteroatoms. The first-order chi connectivity index (χ1) is 13.1. The van der Waals surface area contributed by atoms with E-state index in [-0.39, 0.29) is 11.8 Å². The van der Waals surface area contributed by atoms with E-state index in [9.17, 15) is 9.59 Å². The number of aryl methyl sites for hydroxylation is 1. The van der Waals surface area contributed by atoms with Crippen LogP contribution < -0.4 is 10.3 Å². The molecule has 0 saturated carbocycles. The molecule has 0 aromatic heterocycles. The van der Waals surface area contributed by atoms with E-state index in [4.69, 9.17) is 0 Å². The predicted molar refractivity (Wildman–Crippen MR) is 108 cm³/mol. The van der Waals surface area contributed by atoms with Crippen LogP contribution in [0.4, 0.5) is 5.69 Å². The van der Waals surface area contributed by atoms with E-state index in [0.717, 1.165) is 42.5 Å². The van der Waals surface area contributed by atoms with Crippen LogP contribution in [0.15, 0.2) is 53.6 Å². The number of hydrogen-bond acceptors (Lipinski definition) is 3. The molecule has 0 saturated heterocycles. The summed E-state index contributed by atoms with van der Waals surface area (Å²) in [5.41, 5.74) is 6.07. The number of para-hydroxylation sites is 1. The summed E-state index contributed by atoms with van der Waals surface area (Å²) in [6, 6.07) is 14.7. The first-order valence-corrected chi connectivity index (χ1v) is 9.48. The van der Waals surface area contributed by atoms with Gasteiger partial charge in [0.25, 0.3) is 11.8 Å². The van der Waals surface area contributed by atoms with Gasteiger partial charge < -0.3 is 4.90 Å². The van der Waals surface area contributed by atoms with Crippen molar-refractivity contribution in [2.45, 2.75) is 39.5 Å². The molecule has 3 rings (SSSR count). The van der Waals surface area contributed by atoms with Crippen LogP contribution >= 0.6 is 0 Å².